The highest BCUT2D eigenvalue weighted by Gasteiger charge is 2.01. The summed E-state index contributed by atoms with van der Waals surface area (Å²) < 4.78 is 4.97. The molecule has 0 aliphatic heterocycles. The lowest BCUT2D eigenvalue weighted by molar-refractivity contribution is 0.388. The zero-order valence-corrected chi connectivity index (χ0v) is 9.79. The number of halogens is 1. The highest BCUT2D eigenvalue weighted by Crippen LogP contribution is 2.14. The van der Waals surface area contributed by atoms with Crippen LogP contribution in [-0.2, 0) is 13.1 Å². The van der Waals surface area contributed by atoms with E-state index in [4.69, 9.17) is 16.1 Å². The molecule has 4 heteroatoms. The monoisotopic (exact) mass is 236 g/mol. The Hall–Kier alpha value is -1.32. The van der Waals surface area contributed by atoms with Crippen LogP contribution in [0.2, 0.25) is 5.02 Å². The Morgan fingerprint density at radius 3 is 2.81 bits per heavy atom. The zero-order valence-electron chi connectivity index (χ0n) is 9.03. The second-order valence-corrected chi connectivity index (χ2v) is 4.03. The lowest BCUT2D eigenvalue weighted by Crippen LogP contribution is -2.13. The average molecular weight is 237 g/mol. The van der Waals surface area contributed by atoms with Crippen LogP contribution in [0.25, 0.3) is 0 Å². The van der Waals surface area contributed by atoms with Crippen molar-refractivity contribution in [3.63, 3.8) is 0 Å². The number of hydrogen-bond donors (Lipinski definition) is 1. The molecule has 0 amide bonds. The van der Waals surface area contributed by atoms with Crippen LogP contribution in [0.4, 0.5) is 0 Å². The highest BCUT2D eigenvalue weighted by atomic mass is 35.5. The third kappa shape index (κ3) is 2.84. The number of nitrogens with zero attached hydrogens (tertiary/aromatic N) is 1. The van der Waals surface area contributed by atoms with Gasteiger partial charge >= 0.3 is 0 Å². The molecule has 0 saturated heterocycles. The molecule has 0 bridgehead atoms. The van der Waals surface area contributed by atoms with E-state index in [0.29, 0.717) is 6.54 Å². The molecule has 3 nitrogen and oxygen atoms in total. The third-order valence-corrected chi connectivity index (χ3v) is 2.62. The van der Waals surface area contributed by atoms with Crippen LogP contribution < -0.4 is 5.32 Å². The molecule has 2 aromatic rings. The van der Waals surface area contributed by atoms with Crippen LogP contribution in [0.3, 0.4) is 0 Å². The maximum absolute atomic E-state index is 6.04. The largest absolute Gasteiger partial charge is 0.361 e. The maximum atomic E-state index is 6.04. The van der Waals surface area contributed by atoms with Crippen LogP contribution in [0.1, 0.15) is 17.0 Å². The number of aryl methyl sites for hydroxylation is 1. The first-order chi connectivity index (χ1) is 7.75. The van der Waals surface area contributed by atoms with Crippen molar-refractivity contribution in [2.24, 2.45) is 0 Å². The topological polar surface area (TPSA) is 38.1 Å². The standard InChI is InChI=1S/C12H13ClN2O/c1-9-6-11(15-16-9)8-14-7-10-4-2-3-5-12(10)13/h2-6,14H,7-8H2,1H3. The summed E-state index contributed by atoms with van der Waals surface area (Å²) >= 11 is 6.04. The molecule has 0 radical (unpaired) electrons. The first-order valence-electron chi connectivity index (χ1n) is 5.12. The Morgan fingerprint density at radius 2 is 2.12 bits per heavy atom. The van der Waals surface area contributed by atoms with E-state index in [0.717, 1.165) is 28.6 Å². The molecule has 0 spiro atoms. The van der Waals surface area contributed by atoms with Gasteiger partial charge in [0.2, 0.25) is 0 Å². The van der Waals surface area contributed by atoms with E-state index in [1.54, 1.807) is 0 Å². The van der Waals surface area contributed by atoms with Crippen LogP contribution in [0.5, 0.6) is 0 Å². The lowest BCUT2D eigenvalue weighted by Gasteiger charge is -2.04. The summed E-state index contributed by atoms with van der Waals surface area (Å²) in [4.78, 5) is 0. The van der Waals surface area contributed by atoms with Gasteiger partial charge < -0.3 is 9.84 Å². The van der Waals surface area contributed by atoms with Crippen LogP contribution >= 0.6 is 11.6 Å². The van der Waals surface area contributed by atoms with Gasteiger partial charge in [-0.05, 0) is 18.6 Å². The van der Waals surface area contributed by atoms with E-state index in [-0.39, 0.29) is 0 Å². The molecule has 0 aliphatic rings. The second kappa shape index (κ2) is 5.14. The van der Waals surface area contributed by atoms with E-state index in [1.807, 2.05) is 37.3 Å². The third-order valence-electron chi connectivity index (χ3n) is 2.26. The van der Waals surface area contributed by atoms with E-state index >= 15 is 0 Å². The number of nitrogens with one attached hydrogen (secondary N) is 1. The molecule has 0 fully saturated rings. The predicted octanol–water partition coefficient (Wildman–Crippen LogP) is 2.93. The first-order valence-corrected chi connectivity index (χ1v) is 5.50. The number of benzene rings is 1. The summed E-state index contributed by atoms with van der Waals surface area (Å²) in [6.45, 7) is 3.29. The quantitative estimate of drug-likeness (QED) is 0.887. The normalized spacial score (nSPS) is 10.6. The smallest absolute Gasteiger partial charge is 0.133 e. The van der Waals surface area contributed by atoms with Gasteiger partial charge in [0, 0.05) is 24.2 Å². The van der Waals surface area contributed by atoms with Gasteiger partial charge in [-0.25, -0.2) is 0 Å². The van der Waals surface area contributed by atoms with Crippen molar-refractivity contribution in [2.75, 3.05) is 0 Å². The van der Waals surface area contributed by atoms with Crippen molar-refractivity contribution in [3.8, 4) is 0 Å². The molecule has 0 unspecified atom stereocenters. The predicted molar refractivity (Wildman–Crippen MR) is 63.2 cm³/mol. The first kappa shape index (κ1) is 11.2. The van der Waals surface area contributed by atoms with Crippen LogP contribution in [-0.4, -0.2) is 5.16 Å². The van der Waals surface area contributed by atoms with E-state index < -0.39 is 0 Å². The Morgan fingerprint density at radius 1 is 1.31 bits per heavy atom. The van der Waals surface area contributed by atoms with Crippen molar-refractivity contribution in [1.82, 2.24) is 10.5 Å². The van der Waals surface area contributed by atoms with Gasteiger partial charge in [-0.2, -0.15) is 0 Å². The van der Waals surface area contributed by atoms with Gasteiger partial charge in [0.25, 0.3) is 0 Å². The van der Waals surface area contributed by atoms with Gasteiger partial charge in [0.15, 0.2) is 0 Å². The van der Waals surface area contributed by atoms with Gasteiger partial charge in [-0.15, -0.1) is 0 Å². The molecular formula is C12H13ClN2O. The fraction of sp³-hybridized carbons (Fsp3) is 0.250. The van der Waals surface area contributed by atoms with Gasteiger partial charge in [-0.1, -0.05) is 35.0 Å². The minimum Gasteiger partial charge on any atom is -0.361 e. The molecular weight excluding hydrogens is 224 g/mol. The molecule has 0 saturated carbocycles. The van der Waals surface area contributed by atoms with E-state index in [2.05, 4.69) is 10.5 Å². The van der Waals surface area contributed by atoms with Crippen molar-refractivity contribution >= 4 is 11.6 Å². The van der Waals surface area contributed by atoms with E-state index in [1.165, 1.54) is 0 Å². The Kier molecular flexibility index (Phi) is 3.59. The summed E-state index contributed by atoms with van der Waals surface area (Å²) in [7, 11) is 0. The van der Waals surface area contributed by atoms with Crippen LogP contribution in [0.15, 0.2) is 34.9 Å². The van der Waals surface area contributed by atoms with E-state index in [9.17, 15) is 0 Å². The molecule has 2 rings (SSSR count). The Labute approximate surface area is 99.4 Å². The maximum Gasteiger partial charge on any atom is 0.133 e. The summed E-state index contributed by atoms with van der Waals surface area (Å²) in [5, 5.41) is 7.95. The average Bonchev–Trinajstić information content (AvgIpc) is 2.67. The molecule has 0 atom stereocenters. The van der Waals surface area contributed by atoms with Gasteiger partial charge in [0.05, 0.1) is 5.69 Å². The minimum atomic E-state index is 0.683. The molecule has 0 aliphatic carbocycles. The van der Waals surface area contributed by atoms with Crippen molar-refractivity contribution in [2.45, 2.75) is 20.0 Å². The number of aromatic nitrogens is 1. The second-order valence-electron chi connectivity index (χ2n) is 3.62. The van der Waals surface area contributed by atoms with Crippen molar-refractivity contribution in [1.29, 1.82) is 0 Å². The summed E-state index contributed by atoms with van der Waals surface area (Å²) in [6, 6.07) is 9.71. The molecule has 1 aromatic carbocycles. The SMILES string of the molecule is Cc1cc(CNCc2ccccc2Cl)no1. The fourth-order valence-electron chi connectivity index (χ4n) is 1.47. The molecule has 1 aromatic heterocycles. The molecule has 1 heterocycles. The highest BCUT2D eigenvalue weighted by molar-refractivity contribution is 6.31. The Balaban J connectivity index is 1.87. The molecule has 84 valence electrons. The molecule has 1 N–H and O–H groups in total. The Bertz CT molecular complexity index is 468. The summed E-state index contributed by atoms with van der Waals surface area (Å²) in [5.74, 6) is 0.828. The van der Waals surface area contributed by atoms with Crippen molar-refractivity contribution in [3.05, 3.63) is 52.4 Å². The number of hydrogen-bond acceptors (Lipinski definition) is 3. The zero-order chi connectivity index (χ0) is 11.4. The molecule has 16 heavy (non-hydrogen) atoms. The van der Waals surface area contributed by atoms with Gasteiger partial charge in [0.1, 0.15) is 5.76 Å². The summed E-state index contributed by atoms with van der Waals surface area (Å²) in [5.41, 5.74) is 1.99. The van der Waals surface area contributed by atoms with Gasteiger partial charge in [-0.3, -0.25) is 0 Å². The van der Waals surface area contributed by atoms with Crippen LogP contribution in [0, 0.1) is 6.92 Å². The fourth-order valence-corrected chi connectivity index (χ4v) is 1.67. The summed E-state index contributed by atoms with van der Waals surface area (Å²) in [6.07, 6.45) is 0. The number of rotatable bonds is 4. The minimum absolute atomic E-state index is 0.683. The van der Waals surface area contributed by atoms with Crippen molar-refractivity contribution < 1.29 is 4.52 Å². The lowest BCUT2D eigenvalue weighted by atomic mass is 10.2.